The maximum Gasteiger partial charge on any atom is 0.264 e. The van der Waals surface area contributed by atoms with Gasteiger partial charge in [-0.2, -0.15) is 0 Å². The number of carbonyl (C=O) groups excluding carboxylic acids is 1. The SMILES string of the molecule is COC[C@@H](C)NC(=O)[C@H]1CC(c2ccc(Cl)cc2)=NO1. The van der Waals surface area contributed by atoms with Crippen molar-refractivity contribution in [3.05, 3.63) is 34.9 Å². The molecule has 1 amide bonds. The zero-order valence-corrected chi connectivity index (χ0v) is 12.2. The van der Waals surface area contributed by atoms with Gasteiger partial charge in [-0.1, -0.05) is 28.9 Å². The normalized spacial score (nSPS) is 19.1. The van der Waals surface area contributed by atoms with Crippen LogP contribution in [0.3, 0.4) is 0 Å². The molecule has 108 valence electrons. The molecule has 20 heavy (non-hydrogen) atoms. The summed E-state index contributed by atoms with van der Waals surface area (Å²) in [7, 11) is 1.59. The molecule has 1 N–H and O–H groups in total. The number of hydrogen-bond acceptors (Lipinski definition) is 4. The lowest BCUT2D eigenvalue weighted by Crippen LogP contribution is -2.42. The van der Waals surface area contributed by atoms with E-state index in [2.05, 4.69) is 10.5 Å². The van der Waals surface area contributed by atoms with Gasteiger partial charge in [0.2, 0.25) is 6.10 Å². The zero-order chi connectivity index (χ0) is 14.5. The van der Waals surface area contributed by atoms with Gasteiger partial charge in [-0.25, -0.2) is 0 Å². The summed E-state index contributed by atoms with van der Waals surface area (Å²) in [5.74, 6) is -0.178. The zero-order valence-electron chi connectivity index (χ0n) is 11.4. The highest BCUT2D eigenvalue weighted by Crippen LogP contribution is 2.18. The molecule has 2 atom stereocenters. The summed E-state index contributed by atoms with van der Waals surface area (Å²) in [6, 6.07) is 7.23. The Labute approximate surface area is 122 Å². The van der Waals surface area contributed by atoms with Gasteiger partial charge in [0.15, 0.2) is 0 Å². The van der Waals surface area contributed by atoms with E-state index in [0.717, 1.165) is 11.3 Å². The smallest absolute Gasteiger partial charge is 0.264 e. The van der Waals surface area contributed by atoms with Crippen molar-refractivity contribution < 1.29 is 14.4 Å². The van der Waals surface area contributed by atoms with Gasteiger partial charge in [-0.15, -0.1) is 0 Å². The molecule has 0 aromatic heterocycles. The van der Waals surface area contributed by atoms with E-state index in [1.165, 1.54) is 0 Å². The number of benzene rings is 1. The van der Waals surface area contributed by atoms with Crippen molar-refractivity contribution in [1.29, 1.82) is 0 Å². The Morgan fingerprint density at radius 2 is 2.25 bits per heavy atom. The third-order valence-electron chi connectivity index (χ3n) is 2.94. The molecule has 5 nitrogen and oxygen atoms in total. The molecule has 0 fully saturated rings. The van der Waals surface area contributed by atoms with E-state index in [4.69, 9.17) is 21.2 Å². The molecule has 2 rings (SSSR count). The minimum Gasteiger partial charge on any atom is -0.383 e. The summed E-state index contributed by atoms with van der Waals surface area (Å²) in [5.41, 5.74) is 1.66. The summed E-state index contributed by atoms with van der Waals surface area (Å²) in [6.07, 6.45) is -0.132. The molecule has 6 heteroatoms. The molecule has 0 saturated carbocycles. The third-order valence-corrected chi connectivity index (χ3v) is 3.20. The second-order valence-corrected chi connectivity index (χ2v) is 5.14. The van der Waals surface area contributed by atoms with E-state index in [9.17, 15) is 4.79 Å². The Morgan fingerprint density at radius 1 is 1.55 bits per heavy atom. The van der Waals surface area contributed by atoms with E-state index in [0.29, 0.717) is 18.1 Å². The number of halogens is 1. The Bertz CT molecular complexity index is 502. The predicted octanol–water partition coefficient (Wildman–Crippen LogP) is 1.98. The number of hydrogen-bond donors (Lipinski definition) is 1. The number of amides is 1. The number of ether oxygens (including phenoxy) is 1. The quantitative estimate of drug-likeness (QED) is 0.904. The molecular formula is C14H17ClN2O3. The van der Waals surface area contributed by atoms with Crippen LogP contribution in [0.1, 0.15) is 18.9 Å². The summed E-state index contributed by atoms with van der Waals surface area (Å²) in [4.78, 5) is 17.2. The van der Waals surface area contributed by atoms with Gasteiger partial charge < -0.3 is 14.9 Å². The molecular weight excluding hydrogens is 280 g/mol. The highest BCUT2D eigenvalue weighted by atomic mass is 35.5. The second kappa shape index (κ2) is 6.72. The Hall–Kier alpha value is -1.59. The predicted molar refractivity (Wildman–Crippen MR) is 77.0 cm³/mol. The Kier molecular flexibility index (Phi) is 4.98. The van der Waals surface area contributed by atoms with Crippen molar-refractivity contribution in [2.24, 2.45) is 5.16 Å². The lowest BCUT2D eigenvalue weighted by molar-refractivity contribution is -0.132. The summed E-state index contributed by atoms with van der Waals surface area (Å²) >= 11 is 5.84. The fraction of sp³-hybridized carbons (Fsp3) is 0.429. The number of nitrogens with one attached hydrogen (secondary N) is 1. The van der Waals surface area contributed by atoms with Crippen LogP contribution < -0.4 is 5.32 Å². The summed E-state index contributed by atoms with van der Waals surface area (Å²) in [5, 5.41) is 7.46. The molecule has 1 aromatic carbocycles. The van der Waals surface area contributed by atoms with Crippen LogP contribution in [0.5, 0.6) is 0 Å². The summed E-state index contributed by atoms with van der Waals surface area (Å²) < 4.78 is 4.97. The molecule has 0 radical (unpaired) electrons. The lowest BCUT2D eigenvalue weighted by atomic mass is 10.0. The number of methoxy groups -OCH3 is 1. The molecule has 0 bridgehead atoms. The van der Waals surface area contributed by atoms with Gasteiger partial charge in [-0.3, -0.25) is 4.79 Å². The van der Waals surface area contributed by atoms with Gasteiger partial charge in [0, 0.05) is 24.6 Å². The number of rotatable bonds is 5. The van der Waals surface area contributed by atoms with Crippen LogP contribution in [0.25, 0.3) is 0 Å². The van der Waals surface area contributed by atoms with Gasteiger partial charge in [0.25, 0.3) is 5.91 Å². The lowest BCUT2D eigenvalue weighted by Gasteiger charge is -2.15. The molecule has 0 aliphatic carbocycles. The van der Waals surface area contributed by atoms with Gasteiger partial charge >= 0.3 is 0 Å². The van der Waals surface area contributed by atoms with Crippen LogP contribution in [0, 0.1) is 0 Å². The standard InChI is InChI=1S/C14H17ClN2O3/c1-9(8-19-2)16-14(18)13-7-12(17-20-13)10-3-5-11(15)6-4-10/h3-6,9,13H,7-8H2,1-2H3,(H,16,18)/t9-,13-/m1/s1. The maximum atomic E-state index is 12.0. The first-order valence-electron chi connectivity index (χ1n) is 6.38. The van der Waals surface area contributed by atoms with Crippen LogP contribution in [-0.2, 0) is 14.4 Å². The van der Waals surface area contributed by atoms with Crippen LogP contribution in [0.4, 0.5) is 0 Å². The molecule has 1 aliphatic rings. The summed E-state index contributed by atoms with van der Waals surface area (Å²) in [6.45, 7) is 2.33. The largest absolute Gasteiger partial charge is 0.383 e. The number of carbonyl (C=O) groups is 1. The highest BCUT2D eigenvalue weighted by Gasteiger charge is 2.29. The third kappa shape index (κ3) is 3.71. The van der Waals surface area contributed by atoms with Crippen molar-refractivity contribution in [2.75, 3.05) is 13.7 Å². The first-order chi connectivity index (χ1) is 9.60. The first-order valence-corrected chi connectivity index (χ1v) is 6.76. The van der Waals surface area contributed by atoms with Crippen molar-refractivity contribution in [1.82, 2.24) is 5.32 Å². The van der Waals surface area contributed by atoms with E-state index in [-0.39, 0.29) is 11.9 Å². The van der Waals surface area contributed by atoms with Crippen LogP contribution >= 0.6 is 11.6 Å². The molecule has 1 aliphatic heterocycles. The first kappa shape index (κ1) is 14.8. The van der Waals surface area contributed by atoms with E-state index >= 15 is 0 Å². The van der Waals surface area contributed by atoms with Crippen molar-refractivity contribution >= 4 is 23.2 Å². The number of oxime groups is 1. The molecule has 0 spiro atoms. The van der Waals surface area contributed by atoms with Gasteiger partial charge in [-0.05, 0) is 24.6 Å². The molecule has 1 aromatic rings. The Morgan fingerprint density at radius 3 is 2.90 bits per heavy atom. The van der Waals surface area contributed by atoms with Crippen molar-refractivity contribution in [2.45, 2.75) is 25.5 Å². The molecule has 1 heterocycles. The van der Waals surface area contributed by atoms with Gasteiger partial charge in [0.1, 0.15) is 0 Å². The maximum absolute atomic E-state index is 12.0. The average molecular weight is 297 g/mol. The van der Waals surface area contributed by atoms with E-state index in [1.807, 2.05) is 19.1 Å². The van der Waals surface area contributed by atoms with Crippen molar-refractivity contribution in [3.63, 3.8) is 0 Å². The molecule has 0 saturated heterocycles. The van der Waals surface area contributed by atoms with Crippen LogP contribution in [-0.4, -0.2) is 37.5 Å². The minimum absolute atomic E-state index is 0.0596. The minimum atomic E-state index is -0.583. The van der Waals surface area contributed by atoms with E-state index in [1.54, 1.807) is 19.2 Å². The van der Waals surface area contributed by atoms with Crippen LogP contribution in [0.15, 0.2) is 29.4 Å². The van der Waals surface area contributed by atoms with E-state index < -0.39 is 6.10 Å². The number of nitrogens with zero attached hydrogens (tertiary/aromatic N) is 1. The highest BCUT2D eigenvalue weighted by molar-refractivity contribution is 6.30. The fourth-order valence-electron chi connectivity index (χ4n) is 1.96. The fourth-order valence-corrected chi connectivity index (χ4v) is 2.08. The Balaban J connectivity index is 1.91. The van der Waals surface area contributed by atoms with Crippen LogP contribution in [0.2, 0.25) is 5.02 Å². The van der Waals surface area contributed by atoms with Gasteiger partial charge in [0.05, 0.1) is 12.3 Å². The molecule has 0 unspecified atom stereocenters. The topological polar surface area (TPSA) is 59.9 Å². The average Bonchev–Trinajstić information content (AvgIpc) is 2.89. The second-order valence-electron chi connectivity index (χ2n) is 4.71. The monoisotopic (exact) mass is 296 g/mol. The van der Waals surface area contributed by atoms with Crippen molar-refractivity contribution in [3.8, 4) is 0 Å².